The summed E-state index contributed by atoms with van der Waals surface area (Å²) >= 11 is 0. The van der Waals surface area contributed by atoms with E-state index < -0.39 is 0 Å². The molecule has 0 saturated heterocycles. The lowest BCUT2D eigenvalue weighted by atomic mass is 9.73. The van der Waals surface area contributed by atoms with Crippen LogP contribution in [0.5, 0.6) is 0 Å². The Bertz CT molecular complexity index is 191. The maximum Gasteiger partial charge on any atom is 0.302 e. The number of hydrogen-bond acceptors (Lipinski definition) is 2. The van der Waals surface area contributed by atoms with Gasteiger partial charge in [-0.05, 0) is 24.2 Å². The summed E-state index contributed by atoms with van der Waals surface area (Å²) in [5, 5.41) is 0. The van der Waals surface area contributed by atoms with Crippen LogP contribution in [-0.2, 0) is 9.53 Å². The molecule has 0 fully saturated rings. The molecule has 0 rings (SSSR count). The van der Waals surface area contributed by atoms with Gasteiger partial charge in [0.05, 0.1) is 0 Å². The van der Waals surface area contributed by atoms with Crippen LogP contribution in [0.25, 0.3) is 0 Å². The van der Waals surface area contributed by atoms with Crippen molar-refractivity contribution >= 4 is 5.97 Å². The maximum absolute atomic E-state index is 10.8. The average molecular weight is 200 g/mol. The molecule has 2 heteroatoms. The maximum atomic E-state index is 10.8. The topological polar surface area (TPSA) is 26.3 Å². The Kier molecular flexibility index (Phi) is 4.63. The number of hydrogen-bond donors (Lipinski definition) is 0. The minimum atomic E-state index is -0.189. The van der Waals surface area contributed by atoms with E-state index in [0.29, 0.717) is 11.8 Å². The van der Waals surface area contributed by atoms with Gasteiger partial charge in [-0.1, -0.05) is 34.6 Å². The standard InChI is InChI=1S/C12H24O2/c1-8(9(2)12(5,6)7)10(3)14-11(4)13/h8-10H,1-7H3. The van der Waals surface area contributed by atoms with E-state index in [2.05, 4.69) is 34.6 Å². The second kappa shape index (κ2) is 4.81. The monoisotopic (exact) mass is 200 g/mol. The van der Waals surface area contributed by atoms with Crippen LogP contribution in [0.15, 0.2) is 0 Å². The summed E-state index contributed by atoms with van der Waals surface area (Å²) in [6.07, 6.45) is 0.00160. The molecule has 0 radical (unpaired) electrons. The van der Waals surface area contributed by atoms with Gasteiger partial charge >= 0.3 is 5.97 Å². The fourth-order valence-corrected chi connectivity index (χ4v) is 1.56. The molecular formula is C12H24O2. The van der Waals surface area contributed by atoms with E-state index in [1.165, 1.54) is 6.92 Å². The van der Waals surface area contributed by atoms with Crippen LogP contribution in [0, 0.1) is 17.3 Å². The van der Waals surface area contributed by atoms with Gasteiger partial charge in [-0.2, -0.15) is 0 Å². The lowest BCUT2D eigenvalue weighted by molar-refractivity contribution is -0.149. The summed E-state index contributed by atoms with van der Waals surface area (Å²) in [7, 11) is 0. The third-order valence-electron chi connectivity index (χ3n) is 3.25. The van der Waals surface area contributed by atoms with E-state index >= 15 is 0 Å². The van der Waals surface area contributed by atoms with Crippen LogP contribution in [0.2, 0.25) is 0 Å². The largest absolute Gasteiger partial charge is 0.463 e. The third kappa shape index (κ3) is 4.12. The number of rotatable bonds is 3. The predicted molar refractivity (Wildman–Crippen MR) is 59.0 cm³/mol. The van der Waals surface area contributed by atoms with Crippen LogP contribution in [0.4, 0.5) is 0 Å². The molecule has 0 spiro atoms. The van der Waals surface area contributed by atoms with E-state index in [0.717, 1.165) is 0 Å². The third-order valence-corrected chi connectivity index (χ3v) is 3.25. The highest BCUT2D eigenvalue weighted by molar-refractivity contribution is 5.66. The zero-order valence-corrected chi connectivity index (χ0v) is 10.5. The molecule has 0 aliphatic rings. The summed E-state index contributed by atoms with van der Waals surface area (Å²) in [6.45, 7) is 14.4. The summed E-state index contributed by atoms with van der Waals surface area (Å²) in [5.41, 5.74) is 0.258. The summed E-state index contributed by atoms with van der Waals surface area (Å²) in [4.78, 5) is 10.8. The number of carbonyl (C=O) groups excluding carboxylic acids is 1. The Morgan fingerprint density at radius 2 is 1.57 bits per heavy atom. The summed E-state index contributed by atoms with van der Waals surface area (Å²) < 4.78 is 5.19. The van der Waals surface area contributed by atoms with E-state index in [4.69, 9.17) is 4.74 Å². The minimum absolute atomic E-state index is 0.00160. The van der Waals surface area contributed by atoms with Crippen LogP contribution >= 0.6 is 0 Å². The van der Waals surface area contributed by atoms with Gasteiger partial charge in [-0.3, -0.25) is 4.79 Å². The second-order valence-corrected chi connectivity index (χ2v) is 5.33. The Morgan fingerprint density at radius 1 is 1.14 bits per heavy atom. The van der Waals surface area contributed by atoms with Crippen LogP contribution < -0.4 is 0 Å². The smallest absolute Gasteiger partial charge is 0.302 e. The van der Waals surface area contributed by atoms with Gasteiger partial charge in [0.1, 0.15) is 6.10 Å². The van der Waals surface area contributed by atoms with Gasteiger partial charge in [0.2, 0.25) is 0 Å². The first-order valence-electron chi connectivity index (χ1n) is 5.33. The van der Waals surface area contributed by atoms with Crippen molar-refractivity contribution in [2.75, 3.05) is 0 Å². The molecule has 0 aliphatic heterocycles. The molecule has 0 aromatic carbocycles. The highest BCUT2D eigenvalue weighted by Gasteiger charge is 2.29. The van der Waals surface area contributed by atoms with Crippen LogP contribution in [0.1, 0.15) is 48.5 Å². The molecular weight excluding hydrogens is 176 g/mol. The lowest BCUT2D eigenvalue weighted by Gasteiger charge is -2.35. The van der Waals surface area contributed by atoms with Crippen molar-refractivity contribution in [2.45, 2.75) is 54.6 Å². The Morgan fingerprint density at radius 3 is 1.86 bits per heavy atom. The Balaban J connectivity index is 4.31. The molecule has 0 aromatic heterocycles. The van der Waals surface area contributed by atoms with Gasteiger partial charge in [-0.15, -0.1) is 0 Å². The normalized spacial score (nSPS) is 18.5. The molecule has 0 bridgehead atoms. The van der Waals surface area contributed by atoms with Crippen LogP contribution in [-0.4, -0.2) is 12.1 Å². The molecule has 0 aromatic rings. The van der Waals surface area contributed by atoms with Crippen LogP contribution in [0.3, 0.4) is 0 Å². The zero-order chi connectivity index (χ0) is 11.5. The highest BCUT2D eigenvalue weighted by atomic mass is 16.5. The van der Waals surface area contributed by atoms with Crippen molar-refractivity contribution in [3.05, 3.63) is 0 Å². The fraction of sp³-hybridized carbons (Fsp3) is 0.917. The molecule has 0 saturated carbocycles. The Hall–Kier alpha value is -0.530. The molecule has 84 valence electrons. The Labute approximate surface area is 88.0 Å². The van der Waals surface area contributed by atoms with Gasteiger partial charge in [0.25, 0.3) is 0 Å². The van der Waals surface area contributed by atoms with Gasteiger partial charge in [-0.25, -0.2) is 0 Å². The van der Waals surface area contributed by atoms with Crippen molar-refractivity contribution in [1.82, 2.24) is 0 Å². The minimum Gasteiger partial charge on any atom is -0.463 e. The molecule has 3 unspecified atom stereocenters. The lowest BCUT2D eigenvalue weighted by Crippen LogP contribution is -2.32. The summed E-state index contributed by atoms with van der Waals surface area (Å²) in [6, 6.07) is 0. The van der Waals surface area contributed by atoms with Crippen molar-refractivity contribution in [1.29, 1.82) is 0 Å². The van der Waals surface area contributed by atoms with Gasteiger partial charge in [0.15, 0.2) is 0 Å². The average Bonchev–Trinajstić information content (AvgIpc) is 1.98. The predicted octanol–water partition coefficient (Wildman–Crippen LogP) is 3.26. The molecule has 0 aliphatic carbocycles. The number of carbonyl (C=O) groups is 1. The zero-order valence-electron chi connectivity index (χ0n) is 10.5. The van der Waals surface area contributed by atoms with Crippen molar-refractivity contribution in [3.63, 3.8) is 0 Å². The van der Waals surface area contributed by atoms with E-state index in [1.807, 2.05) is 6.92 Å². The van der Waals surface area contributed by atoms with E-state index in [1.54, 1.807) is 0 Å². The van der Waals surface area contributed by atoms with Crippen molar-refractivity contribution in [2.24, 2.45) is 17.3 Å². The first kappa shape index (κ1) is 13.5. The summed E-state index contributed by atoms with van der Waals surface area (Å²) in [5.74, 6) is 0.723. The molecule has 3 atom stereocenters. The quantitative estimate of drug-likeness (QED) is 0.654. The highest BCUT2D eigenvalue weighted by Crippen LogP contribution is 2.33. The number of esters is 1. The fourth-order valence-electron chi connectivity index (χ4n) is 1.56. The SMILES string of the molecule is CC(=O)OC(C)C(C)C(C)C(C)(C)C. The van der Waals surface area contributed by atoms with E-state index in [-0.39, 0.29) is 17.5 Å². The molecule has 14 heavy (non-hydrogen) atoms. The van der Waals surface area contributed by atoms with Gasteiger partial charge in [0, 0.05) is 6.92 Å². The van der Waals surface area contributed by atoms with Crippen molar-refractivity contribution in [3.8, 4) is 0 Å². The van der Waals surface area contributed by atoms with Crippen molar-refractivity contribution < 1.29 is 9.53 Å². The number of ether oxygens (including phenoxy) is 1. The van der Waals surface area contributed by atoms with Gasteiger partial charge < -0.3 is 4.74 Å². The second-order valence-electron chi connectivity index (χ2n) is 5.33. The van der Waals surface area contributed by atoms with E-state index in [9.17, 15) is 4.79 Å². The molecule has 0 heterocycles. The molecule has 0 N–H and O–H groups in total. The molecule has 0 amide bonds. The first-order valence-corrected chi connectivity index (χ1v) is 5.33. The first-order chi connectivity index (χ1) is 6.16. The molecule has 2 nitrogen and oxygen atoms in total.